The van der Waals surface area contributed by atoms with Gasteiger partial charge in [0.25, 0.3) is 11.8 Å². The quantitative estimate of drug-likeness (QED) is 0.517. The summed E-state index contributed by atoms with van der Waals surface area (Å²) >= 11 is 0. The Labute approximate surface area is 200 Å². The number of amides is 3. The van der Waals surface area contributed by atoms with Gasteiger partial charge in [0.1, 0.15) is 0 Å². The maximum atomic E-state index is 12.8. The molecule has 1 fully saturated rings. The molecule has 0 aliphatic carbocycles. The van der Waals surface area contributed by atoms with Gasteiger partial charge < -0.3 is 20.6 Å². The van der Waals surface area contributed by atoms with Crippen molar-refractivity contribution in [3.05, 3.63) is 65.2 Å². The fourth-order valence-electron chi connectivity index (χ4n) is 4.17. The molecule has 3 amide bonds. The molecule has 1 aliphatic heterocycles. The number of hydrogen-bond acceptors (Lipinski definition) is 5. The summed E-state index contributed by atoms with van der Waals surface area (Å²) in [4.78, 5) is 41.3. The average Bonchev–Trinajstić information content (AvgIpc) is 3.09. The number of carbonyl (C=O) groups excluding carboxylic acids is 3. The van der Waals surface area contributed by atoms with E-state index in [9.17, 15) is 19.5 Å². The van der Waals surface area contributed by atoms with Crippen LogP contribution in [-0.4, -0.2) is 71.6 Å². The predicted molar refractivity (Wildman–Crippen MR) is 131 cm³/mol. The van der Waals surface area contributed by atoms with Gasteiger partial charge in [0, 0.05) is 37.4 Å². The maximum Gasteiger partial charge on any atom is 0.272 e. The molecule has 1 heterocycles. The number of rotatable bonds is 8. The largest absolute Gasteiger partial charge is 0.365 e. The van der Waals surface area contributed by atoms with E-state index in [-0.39, 0.29) is 12.5 Å². The molecule has 3 N–H and O–H groups in total. The molecule has 0 bridgehead atoms. The lowest BCUT2D eigenvalue weighted by molar-refractivity contribution is -0.141. The van der Waals surface area contributed by atoms with E-state index in [0.29, 0.717) is 38.2 Å². The van der Waals surface area contributed by atoms with Crippen LogP contribution >= 0.6 is 0 Å². The second-order valence-corrected chi connectivity index (χ2v) is 8.40. The van der Waals surface area contributed by atoms with Gasteiger partial charge in [0.2, 0.25) is 12.1 Å². The minimum atomic E-state index is -1.61. The molecule has 34 heavy (non-hydrogen) atoms. The van der Waals surface area contributed by atoms with Crippen molar-refractivity contribution in [3.8, 4) is 0 Å². The van der Waals surface area contributed by atoms with Gasteiger partial charge in [-0.1, -0.05) is 50.2 Å². The number of para-hydroxylation sites is 1. The van der Waals surface area contributed by atoms with Gasteiger partial charge in [0.15, 0.2) is 0 Å². The molecule has 1 atom stereocenters. The number of hydrogen-bond donors (Lipinski definition) is 3. The third kappa shape index (κ3) is 6.65. The number of aryl methyl sites for hydroxylation is 2. The van der Waals surface area contributed by atoms with Crippen molar-refractivity contribution in [1.29, 1.82) is 0 Å². The highest BCUT2D eigenvalue weighted by Crippen LogP contribution is 2.22. The van der Waals surface area contributed by atoms with Crippen LogP contribution in [-0.2, 0) is 22.4 Å². The fraction of sp³-hybridized carbons (Fsp3) is 0.423. The summed E-state index contributed by atoms with van der Waals surface area (Å²) in [6, 6.07) is 14.5. The van der Waals surface area contributed by atoms with Crippen LogP contribution in [0, 0.1) is 0 Å². The summed E-state index contributed by atoms with van der Waals surface area (Å²) in [6.45, 7) is 6.37. The molecule has 0 radical (unpaired) electrons. The second-order valence-electron chi connectivity index (χ2n) is 8.40. The second kappa shape index (κ2) is 12.3. The fourth-order valence-corrected chi connectivity index (χ4v) is 4.17. The minimum Gasteiger partial charge on any atom is -0.365 e. The van der Waals surface area contributed by atoms with E-state index >= 15 is 0 Å². The molecule has 182 valence electrons. The summed E-state index contributed by atoms with van der Waals surface area (Å²) in [6.07, 6.45) is 0.741. The number of nitrogens with zero attached hydrogens (tertiary/aromatic N) is 2. The Morgan fingerprint density at radius 2 is 1.59 bits per heavy atom. The monoisotopic (exact) mass is 466 g/mol. The Morgan fingerprint density at radius 1 is 0.912 bits per heavy atom. The van der Waals surface area contributed by atoms with Gasteiger partial charge >= 0.3 is 0 Å². The highest BCUT2D eigenvalue weighted by Gasteiger charge is 2.27. The molecule has 1 unspecified atom stereocenters. The van der Waals surface area contributed by atoms with E-state index in [2.05, 4.69) is 24.5 Å². The van der Waals surface area contributed by atoms with Crippen LogP contribution in [0.5, 0.6) is 0 Å². The van der Waals surface area contributed by atoms with Crippen molar-refractivity contribution >= 4 is 23.4 Å². The van der Waals surface area contributed by atoms with Crippen molar-refractivity contribution in [2.75, 3.05) is 38.0 Å². The van der Waals surface area contributed by atoms with E-state index in [1.807, 2.05) is 23.1 Å². The lowest BCUT2D eigenvalue weighted by Gasteiger charge is -2.24. The molecule has 1 aliphatic rings. The van der Waals surface area contributed by atoms with Gasteiger partial charge in [0.05, 0.1) is 6.54 Å². The highest BCUT2D eigenvalue weighted by atomic mass is 16.3. The van der Waals surface area contributed by atoms with Gasteiger partial charge in [-0.15, -0.1) is 0 Å². The average molecular weight is 467 g/mol. The first-order valence-corrected chi connectivity index (χ1v) is 11.9. The number of aliphatic hydroxyl groups is 1. The van der Waals surface area contributed by atoms with Crippen molar-refractivity contribution in [3.63, 3.8) is 0 Å². The van der Waals surface area contributed by atoms with Crippen molar-refractivity contribution < 1.29 is 19.5 Å². The number of benzene rings is 2. The Hall–Kier alpha value is -3.23. The minimum absolute atomic E-state index is 0.0782. The summed E-state index contributed by atoms with van der Waals surface area (Å²) in [7, 11) is 0. The lowest BCUT2D eigenvalue weighted by atomic mass is 10.0. The predicted octanol–water partition coefficient (Wildman–Crippen LogP) is 2.03. The number of anilines is 1. The molecule has 0 spiro atoms. The maximum absolute atomic E-state index is 12.8. The van der Waals surface area contributed by atoms with Gasteiger partial charge in [-0.3, -0.25) is 19.3 Å². The molecule has 0 saturated carbocycles. The zero-order valence-electron chi connectivity index (χ0n) is 19.9. The van der Waals surface area contributed by atoms with Crippen molar-refractivity contribution in [2.24, 2.45) is 0 Å². The summed E-state index contributed by atoms with van der Waals surface area (Å²) < 4.78 is 0. The van der Waals surface area contributed by atoms with E-state index in [0.717, 1.165) is 29.7 Å². The molecule has 8 heteroatoms. The van der Waals surface area contributed by atoms with Crippen LogP contribution in [0.4, 0.5) is 5.69 Å². The smallest absolute Gasteiger partial charge is 0.272 e. The van der Waals surface area contributed by atoms with Crippen LogP contribution in [0.15, 0.2) is 48.5 Å². The Bertz CT molecular complexity index is 973. The molecule has 1 saturated heterocycles. The first kappa shape index (κ1) is 25.4. The van der Waals surface area contributed by atoms with Gasteiger partial charge in [-0.2, -0.15) is 0 Å². The van der Waals surface area contributed by atoms with E-state index in [4.69, 9.17) is 0 Å². The SMILES string of the molecule is CCc1cccc(CC)c1NC(=O)CN1CCCN(C(=O)C(O)NC(=O)c2ccccc2)CC1. The van der Waals surface area contributed by atoms with Gasteiger partial charge in [-0.25, -0.2) is 0 Å². The molecular formula is C26H34N4O4. The Morgan fingerprint density at radius 3 is 2.24 bits per heavy atom. The van der Waals surface area contributed by atoms with E-state index in [1.165, 1.54) is 4.90 Å². The highest BCUT2D eigenvalue weighted by molar-refractivity contribution is 5.97. The first-order chi connectivity index (χ1) is 16.4. The first-order valence-electron chi connectivity index (χ1n) is 11.9. The molecule has 2 aromatic carbocycles. The number of aliphatic hydroxyl groups excluding tert-OH is 1. The third-order valence-electron chi connectivity index (χ3n) is 6.07. The van der Waals surface area contributed by atoms with Crippen molar-refractivity contribution in [2.45, 2.75) is 39.3 Å². The summed E-state index contributed by atoms with van der Waals surface area (Å²) in [5.41, 5.74) is 3.51. The zero-order chi connectivity index (χ0) is 24.5. The van der Waals surface area contributed by atoms with Crippen LogP contribution in [0.1, 0.15) is 41.8 Å². The van der Waals surface area contributed by atoms with Crippen LogP contribution < -0.4 is 10.6 Å². The Balaban J connectivity index is 1.52. The zero-order valence-corrected chi connectivity index (χ0v) is 19.9. The summed E-state index contributed by atoms with van der Waals surface area (Å²) in [5.74, 6) is -1.13. The van der Waals surface area contributed by atoms with Gasteiger partial charge in [-0.05, 0) is 42.5 Å². The van der Waals surface area contributed by atoms with Crippen molar-refractivity contribution in [1.82, 2.24) is 15.1 Å². The van der Waals surface area contributed by atoms with Crippen LogP contribution in [0.3, 0.4) is 0 Å². The molecule has 0 aromatic heterocycles. The van der Waals surface area contributed by atoms with Crippen LogP contribution in [0.2, 0.25) is 0 Å². The van der Waals surface area contributed by atoms with Crippen LogP contribution in [0.25, 0.3) is 0 Å². The molecule has 8 nitrogen and oxygen atoms in total. The van der Waals surface area contributed by atoms with E-state index < -0.39 is 18.0 Å². The lowest BCUT2D eigenvalue weighted by Crippen LogP contribution is -2.49. The Kier molecular flexibility index (Phi) is 9.18. The third-order valence-corrected chi connectivity index (χ3v) is 6.07. The topological polar surface area (TPSA) is 102 Å². The summed E-state index contributed by atoms with van der Waals surface area (Å²) in [5, 5.41) is 15.7. The molecule has 3 rings (SSSR count). The normalized spacial score (nSPS) is 15.3. The molecule has 2 aromatic rings. The number of carbonyl (C=O) groups is 3. The molecular weight excluding hydrogens is 432 g/mol. The standard InChI is InChI=1S/C26H34N4O4/c1-3-19-12-8-13-20(4-2)23(19)27-22(31)18-29-14-9-15-30(17-16-29)26(34)25(33)28-24(32)21-10-6-5-7-11-21/h5-8,10-13,25,33H,3-4,9,14-18H2,1-2H3,(H,27,31)(H,28,32). The number of nitrogens with one attached hydrogen (secondary N) is 2. The van der Waals surface area contributed by atoms with E-state index in [1.54, 1.807) is 30.3 Å².